The molecule has 0 fully saturated rings. The fourth-order valence-electron chi connectivity index (χ4n) is 1.40. The first-order valence-electron chi connectivity index (χ1n) is 5.37. The van der Waals surface area contributed by atoms with Crippen LogP contribution < -0.4 is 19.9 Å². The second-order valence-electron chi connectivity index (χ2n) is 3.91. The molecule has 5 nitrogen and oxygen atoms in total. The first-order chi connectivity index (χ1) is 8.08. The molecule has 0 amide bonds. The molecule has 0 atom stereocenters. The lowest BCUT2D eigenvalue weighted by Crippen LogP contribution is -2.19. The number of methoxy groups -OCH3 is 2. The first kappa shape index (κ1) is 13.4. The van der Waals surface area contributed by atoms with E-state index in [4.69, 9.17) is 19.9 Å². The van der Waals surface area contributed by atoms with Crippen LogP contribution in [0.25, 0.3) is 0 Å². The monoisotopic (exact) mass is 240 g/mol. The van der Waals surface area contributed by atoms with E-state index in [0.29, 0.717) is 29.5 Å². The molecule has 0 radical (unpaired) electrons. The van der Waals surface area contributed by atoms with Crippen LogP contribution in [0.1, 0.15) is 0 Å². The van der Waals surface area contributed by atoms with E-state index in [1.54, 1.807) is 26.4 Å². The van der Waals surface area contributed by atoms with Gasteiger partial charge in [-0.05, 0) is 14.1 Å². The number of rotatable bonds is 6. The molecule has 0 bridgehead atoms. The maximum atomic E-state index is 5.76. The zero-order valence-corrected chi connectivity index (χ0v) is 10.8. The van der Waals surface area contributed by atoms with Crippen LogP contribution in [0.5, 0.6) is 17.2 Å². The van der Waals surface area contributed by atoms with Gasteiger partial charge in [0.05, 0.1) is 14.2 Å². The Balaban J connectivity index is 2.85. The normalized spacial score (nSPS) is 10.4. The second-order valence-corrected chi connectivity index (χ2v) is 3.91. The highest BCUT2D eigenvalue weighted by atomic mass is 16.5. The smallest absolute Gasteiger partial charge is 0.203 e. The molecule has 0 heterocycles. The van der Waals surface area contributed by atoms with E-state index in [9.17, 15) is 0 Å². The number of anilines is 1. The average Bonchev–Trinajstić information content (AvgIpc) is 2.27. The number of likely N-dealkylation sites (N-methyl/N-ethyl adjacent to an activating group) is 1. The van der Waals surface area contributed by atoms with Crippen molar-refractivity contribution in [1.82, 2.24) is 4.90 Å². The first-order valence-corrected chi connectivity index (χ1v) is 5.37. The van der Waals surface area contributed by atoms with E-state index < -0.39 is 0 Å². The number of nitrogen functional groups attached to an aromatic ring is 1. The molecule has 0 aliphatic carbocycles. The minimum Gasteiger partial charge on any atom is -0.493 e. The van der Waals surface area contributed by atoms with E-state index in [1.807, 2.05) is 19.0 Å². The van der Waals surface area contributed by atoms with Gasteiger partial charge >= 0.3 is 0 Å². The number of hydrogen-bond acceptors (Lipinski definition) is 5. The Morgan fingerprint density at radius 1 is 1.12 bits per heavy atom. The van der Waals surface area contributed by atoms with Gasteiger partial charge in [0.25, 0.3) is 0 Å². The van der Waals surface area contributed by atoms with Gasteiger partial charge in [-0.3, -0.25) is 0 Å². The lowest BCUT2D eigenvalue weighted by Gasteiger charge is -2.16. The van der Waals surface area contributed by atoms with Gasteiger partial charge in [0.1, 0.15) is 6.61 Å². The molecule has 0 aliphatic rings. The molecule has 2 N–H and O–H groups in total. The summed E-state index contributed by atoms with van der Waals surface area (Å²) in [4.78, 5) is 2.04. The molecule has 5 heteroatoms. The lowest BCUT2D eigenvalue weighted by molar-refractivity contribution is 0.247. The minimum atomic E-state index is 0.565. The van der Waals surface area contributed by atoms with E-state index in [0.717, 1.165) is 6.54 Å². The zero-order valence-electron chi connectivity index (χ0n) is 10.8. The van der Waals surface area contributed by atoms with E-state index in [2.05, 4.69) is 0 Å². The third kappa shape index (κ3) is 3.71. The number of benzene rings is 1. The molecule has 0 aromatic heterocycles. The van der Waals surface area contributed by atoms with Gasteiger partial charge in [-0.1, -0.05) is 0 Å². The Morgan fingerprint density at radius 2 is 1.76 bits per heavy atom. The van der Waals surface area contributed by atoms with Gasteiger partial charge in [0.15, 0.2) is 11.5 Å². The van der Waals surface area contributed by atoms with Crippen molar-refractivity contribution in [2.45, 2.75) is 0 Å². The van der Waals surface area contributed by atoms with Crippen LogP contribution in [0.3, 0.4) is 0 Å². The highest BCUT2D eigenvalue weighted by Crippen LogP contribution is 2.39. The van der Waals surface area contributed by atoms with Gasteiger partial charge in [-0.15, -0.1) is 0 Å². The molecule has 1 rings (SSSR count). The number of hydrogen-bond donors (Lipinski definition) is 1. The lowest BCUT2D eigenvalue weighted by atomic mass is 10.2. The summed E-state index contributed by atoms with van der Waals surface area (Å²) in [6, 6.07) is 3.44. The van der Waals surface area contributed by atoms with Crippen LogP contribution in [0.4, 0.5) is 5.69 Å². The highest BCUT2D eigenvalue weighted by Gasteiger charge is 2.12. The van der Waals surface area contributed by atoms with Crippen LogP contribution in [-0.2, 0) is 0 Å². The molecule has 0 unspecified atom stereocenters. The van der Waals surface area contributed by atoms with Crippen LogP contribution >= 0.6 is 0 Å². The van der Waals surface area contributed by atoms with Gasteiger partial charge < -0.3 is 24.8 Å². The molecule has 1 aromatic rings. The third-order valence-corrected chi connectivity index (χ3v) is 2.26. The Morgan fingerprint density at radius 3 is 2.29 bits per heavy atom. The van der Waals surface area contributed by atoms with Crippen molar-refractivity contribution in [2.24, 2.45) is 0 Å². The molecular weight excluding hydrogens is 220 g/mol. The number of nitrogens with zero attached hydrogens (tertiary/aromatic N) is 1. The van der Waals surface area contributed by atoms with Crippen molar-refractivity contribution >= 4 is 5.69 Å². The molecule has 0 spiro atoms. The van der Waals surface area contributed by atoms with Crippen molar-refractivity contribution < 1.29 is 14.2 Å². The largest absolute Gasteiger partial charge is 0.493 e. The minimum absolute atomic E-state index is 0.565. The van der Waals surface area contributed by atoms with Gasteiger partial charge in [0, 0.05) is 24.4 Å². The second kappa shape index (κ2) is 6.20. The summed E-state index contributed by atoms with van der Waals surface area (Å²) < 4.78 is 16.1. The standard InChI is InChI=1S/C12H20N2O3/c1-14(2)5-6-17-11-8-9(13)7-10(15-3)12(11)16-4/h7-8H,5-6,13H2,1-4H3. The molecule has 17 heavy (non-hydrogen) atoms. The van der Waals surface area contributed by atoms with Crippen molar-refractivity contribution in [3.8, 4) is 17.2 Å². The summed E-state index contributed by atoms with van der Waals surface area (Å²) in [6.45, 7) is 1.39. The number of ether oxygens (including phenoxy) is 3. The van der Waals surface area contributed by atoms with Gasteiger partial charge in [-0.25, -0.2) is 0 Å². The Kier molecular flexibility index (Phi) is 4.90. The summed E-state index contributed by atoms with van der Waals surface area (Å²) in [5.74, 6) is 1.75. The maximum Gasteiger partial charge on any atom is 0.203 e. The van der Waals surface area contributed by atoms with Crippen molar-refractivity contribution in [1.29, 1.82) is 0 Å². The van der Waals surface area contributed by atoms with Crippen LogP contribution in [-0.4, -0.2) is 46.4 Å². The van der Waals surface area contributed by atoms with E-state index >= 15 is 0 Å². The summed E-state index contributed by atoms with van der Waals surface area (Å²) in [5, 5.41) is 0. The Labute approximate surface area is 102 Å². The van der Waals surface area contributed by atoms with Crippen molar-refractivity contribution in [3.63, 3.8) is 0 Å². The van der Waals surface area contributed by atoms with Crippen LogP contribution in [0.15, 0.2) is 12.1 Å². The third-order valence-electron chi connectivity index (χ3n) is 2.26. The summed E-state index contributed by atoms with van der Waals surface area (Å²) in [5.41, 5.74) is 6.35. The molecule has 0 saturated heterocycles. The van der Waals surface area contributed by atoms with Crippen molar-refractivity contribution in [2.75, 3.05) is 47.2 Å². The zero-order chi connectivity index (χ0) is 12.8. The quantitative estimate of drug-likeness (QED) is 0.758. The SMILES string of the molecule is COc1cc(N)cc(OCCN(C)C)c1OC. The summed E-state index contributed by atoms with van der Waals surface area (Å²) in [7, 11) is 7.12. The summed E-state index contributed by atoms with van der Waals surface area (Å²) in [6.07, 6.45) is 0. The van der Waals surface area contributed by atoms with Crippen LogP contribution in [0.2, 0.25) is 0 Å². The molecule has 1 aromatic carbocycles. The Hall–Kier alpha value is -1.62. The topological polar surface area (TPSA) is 57.0 Å². The molecule has 0 saturated carbocycles. The van der Waals surface area contributed by atoms with Gasteiger partial charge in [0.2, 0.25) is 5.75 Å². The van der Waals surface area contributed by atoms with E-state index in [-0.39, 0.29) is 0 Å². The van der Waals surface area contributed by atoms with Gasteiger partial charge in [-0.2, -0.15) is 0 Å². The average molecular weight is 240 g/mol. The maximum absolute atomic E-state index is 5.76. The predicted octanol–water partition coefficient (Wildman–Crippen LogP) is 1.23. The highest BCUT2D eigenvalue weighted by molar-refractivity contribution is 5.60. The Bertz CT molecular complexity index is 367. The van der Waals surface area contributed by atoms with E-state index in [1.165, 1.54) is 0 Å². The molecule has 96 valence electrons. The molecule has 0 aliphatic heterocycles. The fourth-order valence-corrected chi connectivity index (χ4v) is 1.40. The predicted molar refractivity (Wildman–Crippen MR) is 68.0 cm³/mol. The number of nitrogens with two attached hydrogens (primary N) is 1. The summed E-state index contributed by atoms with van der Waals surface area (Å²) >= 11 is 0. The van der Waals surface area contributed by atoms with Crippen LogP contribution in [0, 0.1) is 0 Å². The molecular formula is C12H20N2O3. The van der Waals surface area contributed by atoms with Crippen molar-refractivity contribution in [3.05, 3.63) is 12.1 Å². The fraction of sp³-hybridized carbons (Fsp3) is 0.500.